The molecule has 2 aromatic carbocycles. The third-order valence-electron chi connectivity index (χ3n) is 6.28. The fourth-order valence-corrected chi connectivity index (χ4v) is 5.32. The first kappa shape index (κ1) is 23.7. The quantitative estimate of drug-likeness (QED) is 0.222. The SMILES string of the molecule is COc1ccc2nc(N3C(=O)C(=O)C(=C(O)c4ccncc4)C3c3ccc(C(C)(C)C)cc3)sc2c1. The Morgan fingerprint density at radius 2 is 1.72 bits per heavy atom. The summed E-state index contributed by atoms with van der Waals surface area (Å²) in [5.41, 5.74) is 2.87. The molecule has 8 heteroatoms. The van der Waals surface area contributed by atoms with Gasteiger partial charge < -0.3 is 9.84 Å². The van der Waals surface area contributed by atoms with E-state index in [0.717, 1.165) is 10.3 Å². The number of hydrogen-bond donors (Lipinski definition) is 1. The molecular weight excluding hydrogens is 474 g/mol. The highest BCUT2D eigenvalue weighted by Gasteiger charge is 2.48. The molecule has 3 heterocycles. The number of nitrogens with zero attached hydrogens (tertiary/aromatic N) is 3. The zero-order chi connectivity index (χ0) is 25.6. The third-order valence-corrected chi connectivity index (χ3v) is 7.30. The van der Waals surface area contributed by atoms with E-state index in [1.807, 2.05) is 36.4 Å². The van der Waals surface area contributed by atoms with Gasteiger partial charge in [-0.3, -0.25) is 19.5 Å². The summed E-state index contributed by atoms with van der Waals surface area (Å²) in [6.45, 7) is 6.35. The Kier molecular flexibility index (Phi) is 5.84. The number of aromatic nitrogens is 2. The molecule has 0 aliphatic carbocycles. The summed E-state index contributed by atoms with van der Waals surface area (Å²) in [5.74, 6) is -1.06. The van der Waals surface area contributed by atoms with Crippen LogP contribution in [0.1, 0.15) is 43.5 Å². The number of aliphatic hydroxyl groups excluding tert-OH is 1. The van der Waals surface area contributed by atoms with E-state index in [4.69, 9.17) is 4.74 Å². The van der Waals surface area contributed by atoms with Crippen LogP contribution in [0.3, 0.4) is 0 Å². The largest absolute Gasteiger partial charge is 0.507 e. The van der Waals surface area contributed by atoms with Gasteiger partial charge in [0.05, 0.1) is 28.9 Å². The maximum Gasteiger partial charge on any atom is 0.301 e. The Hall–Kier alpha value is -4.04. The van der Waals surface area contributed by atoms with Crippen molar-refractivity contribution < 1.29 is 19.4 Å². The van der Waals surface area contributed by atoms with Crippen LogP contribution >= 0.6 is 11.3 Å². The number of amides is 1. The lowest BCUT2D eigenvalue weighted by Crippen LogP contribution is -2.29. The lowest BCUT2D eigenvalue weighted by atomic mass is 9.85. The number of fused-ring (bicyclic) bond motifs is 1. The third kappa shape index (κ3) is 4.03. The first-order valence-electron chi connectivity index (χ1n) is 11.5. The van der Waals surface area contributed by atoms with Gasteiger partial charge >= 0.3 is 5.91 Å². The molecule has 0 spiro atoms. The molecule has 1 unspecified atom stereocenters. The van der Waals surface area contributed by atoms with E-state index in [9.17, 15) is 14.7 Å². The van der Waals surface area contributed by atoms with Crippen molar-refractivity contribution in [1.29, 1.82) is 0 Å². The number of ether oxygens (including phenoxy) is 1. The van der Waals surface area contributed by atoms with Gasteiger partial charge in [0.2, 0.25) is 0 Å². The number of carbonyl (C=O) groups is 2. The summed E-state index contributed by atoms with van der Waals surface area (Å²) < 4.78 is 6.14. The van der Waals surface area contributed by atoms with E-state index in [1.54, 1.807) is 25.3 Å². The highest BCUT2D eigenvalue weighted by molar-refractivity contribution is 7.22. The molecule has 7 nitrogen and oxygen atoms in total. The molecule has 1 fully saturated rings. The van der Waals surface area contributed by atoms with E-state index in [-0.39, 0.29) is 16.7 Å². The first-order valence-corrected chi connectivity index (χ1v) is 12.3. The molecule has 0 saturated carbocycles. The van der Waals surface area contributed by atoms with E-state index in [0.29, 0.717) is 27.5 Å². The maximum atomic E-state index is 13.4. The molecule has 0 bridgehead atoms. The van der Waals surface area contributed by atoms with Crippen LogP contribution in [0.2, 0.25) is 0 Å². The molecule has 2 aromatic heterocycles. The van der Waals surface area contributed by atoms with Gasteiger partial charge in [0.1, 0.15) is 11.5 Å². The second-order valence-electron chi connectivity index (χ2n) is 9.61. The van der Waals surface area contributed by atoms with Gasteiger partial charge in [0, 0.05) is 18.0 Å². The minimum Gasteiger partial charge on any atom is -0.507 e. The normalized spacial score (nSPS) is 17.7. The van der Waals surface area contributed by atoms with Crippen molar-refractivity contribution in [3.8, 4) is 5.75 Å². The van der Waals surface area contributed by atoms with Crippen LogP contribution in [-0.2, 0) is 15.0 Å². The van der Waals surface area contributed by atoms with Crippen LogP contribution in [-0.4, -0.2) is 33.9 Å². The number of rotatable bonds is 4. The minimum absolute atomic E-state index is 0.0199. The number of thiazole rings is 1. The average Bonchev–Trinajstić information content (AvgIpc) is 3.41. The number of ketones is 1. The molecule has 1 amide bonds. The predicted octanol–water partition coefficient (Wildman–Crippen LogP) is 5.62. The Morgan fingerprint density at radius 1 is 1.03 bits per heavy atom. The number of benzene rings is 2. The minimum atomic E-state index is -0.838. The van der Waals surface area contributed by atoms with Crippen molar-refractivity contribution in [3.05, 3.63) is 89.3 Å². The van der Waals surface area contributed by atoms with E-state index in [1.165, 1.54) is 28.6 Å². The molecule has 5 rings (SSSR count). The number of methoxy groups -OCH3 is 1. The van der Waals surface area contributed by atoms with Gasteiger partial charge in [-0.25, -0.2) is 4.98 Å². The summed E-state index contributed by atoms with van der Waals surface area (Å²) in [6, 6.07) is 15.6. The molecular formula is C28H25N3O4S. The van der Waals surface area contributed by atoms with Crippen molar-refractivity contribution >= 4 is 44.1 Å². The Balaban J connectivity index is 1.70. The van der Waals surface area contributed by atoms with Crippen molar-refractivity contribution in [2.24, 2.45) is 0 Å². The molecule has 36 heavy (non-hydrogen) atoms. The summed E-state index contributed by atoms with van der Waals surface area (Å²) in [6.07, 6.45) is 3.05. The van der Waals surface area contributed by atoms with Crippen molar-refractivity contribution in [3.63, 3.8) is 0 Å². The highest BCUT2D eigenvalue weighted by Crippen LogP contribution is 2.44. The number of carbonyl (C=O) groups excluding carboxylic acids is 2. The molecule has 4 aromatic rings. The second-order valence-corrected chi connectivity index (χ2v) is 10.6. The first-order chi connectivity index (χ1) is 17.2. The van der Waals surface area contributed by atoms with Gasteiger partial charge in [-0.05, 0) is 46.9 Å². The maximum absolute atomic E-state index is 13.4. The van der Waals surface area contributed by atoms with E-state index >= 15 is 0 Å². The average molecular weight is 500 g/mol. The van der Waals surface area contributed by atoms with Crippen LogP contribution in [0.5, 0.6) is 5.75 Å². The topological polar surface area (TPSA) is 92.6 Å². The van der Waals surface area contributed by atoms with Crippen LogP contribution in [0.25, 0.3) is 16.0 Å². The van der Waals surface area contributed by atoms with E-state index < -0.39 is 17.7 Å². The fraction of sp³-hybridized carbons (Fsp3) is 0.214. The fourth-order valence-electron chi connectivity index (χ4n) is 4.30. The van der Waals surface area contributed by atoms with Crippen LogP contribution in [0.4, 0.5) is 5.13 Å². The molecule has 1 atom stereocenters. The van der Waals surface area contributed by atoms with Crippen molar-refractivity contribution in [2.45, 2.75) is 32.2 Å². The number of pyridine rings is 1. The van der Waals surface area contributed by atoms with Gasteiger partial charge in [0.25, 0.3) is 5.78 Å². The Morgan fingerprint density at radius 3 is 2.36 bits per heavy atom. The number of hydrogen-bond acceptors (Lipinski definition) is 7. The van der Waals surface area contributed by atoms with Gasteiger partial charge in [-0.2, -0.15) is 0 Å². The Bertz CT molecular complexity index is 1500. The smallest absolute Gasteiger partial charge is 0.301 e. The second kappa shape index (κ2) is 8.87. The summed E-state index contributed by atoms with van der Waals surface area (Å²) in [7, 11) is 1.59. The summed E-state index contributed by atoms with van der Waals surface area (Å²) >= 11 is 1.29. The summed E-state index contributed by atoms with van der Waals surface area (Å²) in [5, 5.41) is 11.6. The molecule has 1 saturated heterocycles. The summed E-state index contributed by atoms with van der Waals surface area (Å²) in [4.78, 5) is 36.8. The van der Waals surface area contributed by atoms with Gasteiger partial charge in [-0.15, -0.1) is 0 Å². The lowest BCUT2D eigenvalue weighted by Gasteiger charge is -2.24. The van der Waals surface area contributed by atoms with Crippen molar-refractivity contribution in [2.75, 3.05) is 12.0 Å². The zero-order valence-corrected chi connectivity index (χ0v) is 21.2. The number of Topliss-reactive ketones (excluding diaryl/α,β-unsaturated/α-hetero) is 1. The van der Waals surface area contributed by atoms with Crippen LogP contribution in [0, 0.1) is 0 Å². The molecule has 1 aliphatic heterocycles. The highest BCUT2D eigenvalue weighted by atomic mass is 32.1. The molecule has 1 N–H and O–H groups in total. The van der Waals surface area contributed by atoms with Crippen molar-refractivity contribution in [1.82, 2.24) is 9.97 Å². The lowest BCUT2D eigenvalue weighted by molar-refractivity contribution is -0.132. The zero-order valence-electron chi connectivity index (χ0n) is 20.4. The van der Waals surface area contributed by atoms with E-state index in [2.05, 4.69) is 30.7 Å². The molecule has 1 aliphatic rings. The Labute approximate surface area is 212 Å². The van der Waals surface area contributed by atoms with Crippen LogP contribution < -0.4 is 9.64 Å². The number of anilines is 1. The van der Waals surface area contributed by atoms with Crippen LogP contribution in [0.15, 0.2) is 72.6 Å². The monoisotopic (exact) mass is 499 g/mol. The van der Waals surface area contributed by atoms with Gasteiger partial charge in [-0.1, -0.05) is 56.4 Å². The number of aliphatic hydroxyl groups is 1. The molecule has 0 radical (unpaired) electrons. The van der Waals surface area contributed by atoms with Gasteiger partial charge in [0.15, 0.2) is 5.13 Å². The predicted molar refractivity (Wildman–Crippen MR) is 140 cm³/mol. The molecule has 182 valence electrons. The standard InChI is InChI=1S/C28H25N3O4S/c1-28(2,3)18-7-5-16(6-8-18)23-22(24(32)17-11-13-29-14-12-17)25(33)26(34)31(23)27-30-20-10-9-19(35-4)15-21(20)36-27/h5-15,23,32H,1-4H3.